The normalized spacial score (nSPS) is 12.5. The van der Waals surface area contributed by atoms with Gasteiger partial charge in [-0.05, 0) is 0 Å². The molecule has 0 aliphatic heterocycles. The molecule has 1 nitrogen and oxygen atoms in total. The van der Waals surface area contributed by atoms with Crippen LogP contribution in [0.1, 0.15) is 0 Å². The van der Waals surface area contributed by atoms with Crippen LogP contribution in [0.25, 0.3) is 0 Å². The van der Waals surface area contributed by atoms with Crippen LogP contribution in [0.5, 0.6) is 11.5 Å². The standard InChI is InChI=1S/C30H23BrFOP/c31-34(25-15-7-2-8-16-25,26-17-9-3-10-18-26,27-19-11-4-12-20-27)28-21-22-29(32)30(23-28)33-24-13-5-1-6-14-24/h1-23H. The molecule has 0 aromatic heterocycles. The summed E-state index contributed by atoms with van der Waals surface area (Å²) in [5.41, 5.74) is 0. The molecule has 0 atom stereocenters. The molecule has 5 rings (SSSR count). The molecule has 34 heavy (non-hydrogen) atoms. The predicted molar refractivity (Wildman–Crippen MR) is 147 cm³/mol. The van der Waals surface area contributed by atoms with E-state index in [-0.39, 0.29) is 5.75 Å². The van der Waals surface area contributed by atoms with E-state index in [4.69, 9.17) is 4.74 Å². The molecule has 0 saturated heterocycles. The molecule has 0 amide bonds. The summed E-state index contributed by atoms with van der Waals surface area (Å²) in [5.74, 6) is 0.381. The Kier molecular flexibility index (Phi) is 6.08. The average Bonchev–Trinajstić information content (AvgIpc) is 2.92. The number of rotatable bonds is 6. The Morgan fingerprint density at radius 3 is 1.35 bits per heavy atom. The zero-order valence-electron chi connectivity index (χ0n) is 18.4. The summed E-state index contributed by atoms with van der Waals surface area (Å²) in [5, 5.41) is 0.913. The maximum atomic E-state index is 15.0. The fourth-order valence-electron chi connectivity index (χ4n) is 4.47. The van der Waals surface area contributed by atoms with E-state index in [1.807, 2.05) is 60.7 Å². The number of hydrogen-bond donors (Lipinski definition) is 0. The van der Waals surface area contributed by atoms with Gasteiger partial charge in [-0.25, -0.2) is 0 Å². The van der Waals surface area contributed by atoms with E-state index in [0.29, 0.717) is 5.75 Å². The molecule has 0 unspecified atom stereocenters. The first-order valence-corrected chi connectivity index (χ1v) is 15.3. The van der Waals surface area contributed by atoms with Crippen molar-refractivity contribution >= 4 is 42.0 Å². The Hall–Kier alpha value is -3.26. The Morgan fingerprint density at radius 1 is 0.500 bits per heavy atom. The van der Waals surface area contributed by atoms with Gasteiger partial charge in [-0.1, -0.05) is 0 Å². The second-order valence-corrected chi connectivity index (χ2v) is 16.4. The number of benzene rings is 5. The van der Waals surface area contributed by atoms with Crippen molar-refractivity contribution in [3.63, 3.8) is 0 Å². The van der Waals surface area contributed by atoms with Crippen LogP contribution in [0.4, 0.5) is 4.39 Å². The van der Waals surface area contributed by atoms with E-state index in [2.05, 4.69) is 88.3 Å². The zero-order valence-corrected chi connectivity index (χ0v) is 20.9. The van der Waals surface area contributed by atoms with Crippen LogP contribution in [-0.4, -0.2) is 0 Å². The van der Waals surface area contributed by atoms with E-state index in [1.165, 1.54) is 6.07 Å². The molecule has 4 heteroatoms. The fourth-order valence-corrected chi connectivity index (χ4v) is 12.0. The Bertz CT molecular complexity index is 1290. The predicted octanol–water partition coefficient (Wildman–Crippen LogP) is 7.08. The zero-order chi connectivity index (χ0) is 23.5. The van der Waals surface area contributed by atoms with E-state index in [0.717, 1.165) is 21.2 Å². The van der Waals surface area contributed by atoms with Crippen molar-refractivity contribution < 1.29 is 9.13 Å². The van der Waals surface area contributed by atoms with Gasteiger partial charge in [0.15, 0.2) is 0 Å². The third kappa shape index (κ3) is 3.66. The van der Waals surface area contributed by atoms with Gasteiger partial charge in [-0.3, -0.25) is 0 Å². The molecule has 0 saturated carbocycles. The first kappa shape index (κ1) is 22.5. The van der Waals surface area contributed by atoms with Gasteiger partial charge in [0.2, 0.25) is 0 Å². The van der Waals surface area contributed by atoms with Crippen LogP contribution in [0, 0.1) is 5.82 Å². The second kappa shape index (κ2) is 9.18. The summed E-state index contributed by atoms with van der Waals surface area (Å²) < 4.78 is 21.1. The summed E-state index contributed by atoms with van der Waals surface area (Å²) in [6.07, 6.45) is 0. The van der Waals surface area contributed by atoms with Crippen LogP contribution in [-0.2, 0) is 0 Å². The number of hydrogen-bond acceptors (Lipinski definition) is 1. The van der Waals surface area contributed by atoms with Crippen LogP contribution in [0.3, 0.4) is 0 Å². The van der Waals surface area contributed by atoms with Crippen molar-refractivity contribution in [1.82, 2.24) is 0 Å². The maximum absolute atomic E-state index is 15.0. The molecule has 0 radical (unpaired) electrons. The quantitative estimate of drug-likeness (QED) is 0.214. The number of para-hydroxylation sites is 1. The Morgan fingerprint density at radius 2 is 0.912 bits per heavy atom. The minimum absolute atomic E-state index is 0.194. The second-order valence-electron chi connectivity index (χ2n) is 8.05. The number of ether oxygens (including phenoxy) is 1. The molecular weight excluding hydrogens is 506 g/mol. The van der Waals surface area contributed by atoms with E-state index in [1.54, 1.807) is 0 Å². The Balaban J connectivity index is 1.86. The van der Waals surface area contributed by atoms with Crippen molar-refractivity contribution in [3.8, 4) is 11.5 Å². The molecule has 5 aromatic rings. The van der Waals surface area contributed by atoms with Gasteiger partial charge in [0.25, 0.3) is 0 Å². The average molecular weight is 529 g/mol. The molecular formula is C30H23BrFOP. The molecule has 5 aromatic carbocycles. The fraction of sp³-hybridized carbons (Fsp3) is 0. The van der Waals surface area contributed by atoms with Gasteiger partial charge in [0.1, 0.15) is 0 Å². The molecule has 0 fully saturated rings. The van der Waals surface area contributed by atoms with Gasteiger partial charge < -0.3 is 0 Å². The minimum atomic E-state index is -3.43. The van der Waals surface area contributed by atoms with Crippen LogP contribution >= 0.6 is 20.8 Å². The van der Waals surface area contributed by atoms with Crippen molar-refractivity contribution in [3.05, 3.63) is 145 Å². The monoisotopic (exact) mass is 528 g/mol. The SMILES string of the molecule is Fc1ccc(P(Br)(c2ccccc2)(c2ccccc2)c2ccccc2)cc1Oc1ccccc1. The van der Waals surface area contributed by atoms with Gasteiger partial charge >= 0.3 is 208 Å². The summed E-state index contributed by atoms with van der Waals surface area (Å²) in [4.78, 5) is 0. The van der Waals surface area contributed by atoms with E-state index < -0.39 is 11.1 Å². The molecule has 0 aliphatic carbocycles. The summed E-state index contributed by atoms with van der Waals surface area (Å²) in [6, 6.07) is 45.8. The van der Waals surface area contributed by atoms with Crippen molar-refractivity contribution in [2.75, 3.05) is 0 Å². The third-order valence-corrected chi connectivity index (χ3v) is 16.1. The molecule has 0 bridgehead atoms. The first-order chi connectivity index (χ1) is 16.6. The van der Waals surface area contributed by atoms with Crippen molar-refractivity contribution in [2.24, 2.45) is 0 Å². The molecule has 0 heterocycles. The molecule has 0 aliphatic rings. The summed E-state index contributed by atoms with van der Waals surface area (Å²) in [7, 11) is 0. The molecule has 168 valence electrons. The molecule has 0 spiro atoms. The van der Waals surface area contributed by atoms with Gasteiger partial charge in [0, 0.05) is 0 Å². The van der Waals surface area contributed by atoms with E-state index >= 15 is 4.39 Å². The van der Waals surface area contributed by atoms with Crippen LogP contribution < -0.4 is 26.0 Å². The molecule has 0 N–H and O–H groups in total. The van der Waals surface area contributed by atoms with Crippen molar-refractivity contribution in [1.29, 1.82) is 0 Å². The van der Waals surface area contributed by atoms with Gasteiger partial charge in [-0.15, -0.1) is 0 Å². The third-order valence-electron chi connectivity index (χ3n) is 6.09. The van der Waals surface area contributed by atoms with Crippen LogP contribution in [0.15, 0.2) is 140 Å². The summed E-state index contributed by atoms with van der Waals surface area (Å²) >= 11 is 4.42. The van der Waals surface area contributed by atoms with Gasteiger partial charge in [0.05, 0.1) is 0 Å². The van der Waals surface area contributed by atoms with Crippen molar-refractivity contribution in [2.45, 2.75) is 0 Å². The first-order valence-electron chi connectivity index (χ1n) is 11.0. The number of halogens is 2. The Labute approximate surface area is 207 Å². The van der Waals surface area contributed by atoms with Crippen LogP contribution in [0.2, 0.25) is 0 Å². The van der Waals surface area contributed by atoms with Gasteiger partial charge in [-0.2, -0.15) is 0 Å². The topological polar surface area (TPSA) is 9.23 Å². The summed E-state index contributed by atoms with van der Waals surface area (Å²) in [6.45, 7) is 0. The van der Waals surface area contributed by atoms with E-state index in [9.17, 15) is 0 Å².